The van der Waals surface area contributed by atoms with Crippen molar-refractivity contribution in [1.82, 2.24) is 0 Å². The van der Waals surface area contributed by atoms with Gasteiger partial charge in [0.15, 0.2) is 0 Å². The van der Waals surface area contributed by atoms with Crippen LogP contribution < -0.4 is 0 Å². The fourth-order valence-electron chi connectivity index (χ4n) is 3.48. The van der Waals surface area contributed by atoms with Gasteiger partial charge < -0.3 is 4.74 Å². The average Bonchev–Trinajstić information content (AvgIpc) is 2.47. The van der Waals surface area contributed by atoms with Gasteiger partial charge in [0.1, 0.15) is 11.9 Å². The van der Waals surface area contributed by atoms with Crippen LogP contribution in [0.15, 0.2) is 53.3 Å². The summed E-state index contributed by atoms with van der Waals surface area (Å²) in [6.45, 7) is 6.91. The van der Waals surface area contributed by atoms with Crippen molar-refractivity contribution in [2.24, 2.45) is 11.8 Å². The molecule has 0 saturated heterocycles. The van der Waals surface area contributed by atoms with Crippen LogP contribution in [0.2, 0.25) is 0 Å². The molecule has 1 heteroatoms. The maximum absolute atomic E-state index is 6.31. The second-order valence-corrected chi connectivity index (χ2v) is 6.43. The maximum atomic E-state index is 6.31. The lowest BCUT2D eigenvalue weighted by Crippen LogP contribution is -2.19. The summed E-state index contributed by atoms with van der Waals surface area (Å²) >= 11 is 0. The molecular formula is C19H24O. The number of allylic oxidation sites excluding steroid dienone is 3. The van der Waals surface area contributed by atoms with Gasteiger partial charge in [-0.15, -0.1) is 0 Å². The van der Waals surface area contributed by atoms with Crippen molar-refractivity contribution in [3.63, 3.8) is 0 Å². The molecular weight excluding hydrogens is 244 g/mol. The lowest BCUT2D eigenvalue weighted by molar-refractivity contribution is 0.0957. The molecule has 0 amide bonds. The second-order valence-electron chi connectivity index (χ2n) is 6.43. The molecule has 2 atom stereocenters. The number of rotatable bonds is 2. The van der Waals surface area contributed by atoms with Gasteiger partial charge in [-0.05, 0) is 48.3 Å². The summed E-state index contributed by atoms with van der Waals surface area (Å²) in [6, 6.07) is 10.6. The van der Waals surface area contributed by atoms with E-state index >= 15 is 0 Å². The van der Waals surface area contributed by atoms with E-state index in [1.807, 2.05) is 0 Å². The predicted octanol–water partition coefficient (Wildman–Crippen LogP) is 5.41. The molecule has 0 fully saturated rings. The highest BCUT2D eigenvalue weighted by Gasteiger charge is 2.28. The van der Waals surface area contributed by atoms with E-state index in [0.717, 1.165) is 12.2 Å². The van der Waals surface area contributed by atoms with Crippen molar-refractivity contribution >= 4 is 0 Å². The van der Waals surface area contributed by atoms with E-state index in [-0.39, 0.29) is 6.10 Å². The predicted molar refractivity (Wildman–Crippen MR) is 83.2 cm³/mol. The molecule has 1 nitrogen and oxygen atoms in total. The molecule has 2 aliphatic rings. The zero-order valence-corrected chi connectivity index (χ0v) is 12.7. The van der Waals surface area contributed by atoms with Crippen molar-refractivity contribution in [2.45, 2.75) is 46.1 Å². The Labute approximate surface area is 122 Å². The van der Waals surface area contributed by atoms with Crippen molar-refractivity contribution < 1.29 is 4.74 Å². The van der Waals surface area contributed by atoms with Gasteiger partial charge in [-0.25, -0.2) is 0 Å². The SMILES string of the molecule is CC(C)C1=CC2=C(CCC(c3ccccc3)O2)CC1C. The highest BCUT2D eigenvalue weighted by molar-refractivity contribution is 5.34. The minimum absolute atomic E-state index is 0.230. The second kappa shape index (κ2) is 5.47. The topological polar surface area (TPSA) is 9.23 Å². The Balaban J connectivity index is 1.84. The van der Waals surface area contributed by atoms with Gasteiger partial charge >= 0.3 is 0 Å². The van der Waals surface area contributed by atoms with E-state index in [2.05, 4.69) is 57.2 Å². The average molecular weight is 268 g/mol. The van der Waals surface area contributed by atoms with Crippen LogP contribution in [0, 0.1) is 11.8 Å². The lowest BCUT2D eigenvalue weighted by atomic mass is 9.79. The minimum atomic E-state index is 0.230. The zero-order valence-electron chi connectivity index (χ0n) is 12.7. The number of hydrogen-bond acceptors (Lipinski definition) is 1. The van der Waals surface area contributed by atoms with Crippen molar-refractivity contribution in [3.05, 3.63) is 58.9 Å². The van der Waals surface area contributed by atoms with E-state index in [4.69, 9.17) is 4.74 Å². The first kappa shape index (κ1) is 13.5. The first-order chi connectivity index (χ1) is 9.65. The van der Waals surface area contributed by atoms with Gasteiger partial charge in [0, 0.05) is 0 Å². The minimum Gasteiger partial charge on any atom is -0.486 e. The van der Waals surface area contributed by atoms with Crippen molar-refractivity contribution in [2.75, 3.05) is 0 Å². The van der Waals surface area contributed by atoms with Crippen LogP contribution in [0.25, 0.3) is 0 Å². The summed E-state index contributed by atoms with van der Waals surface area (Å²) < 4.78 is 6.31. The Morgan fingerprint density at radius 2 is 1.90 bits per heavy atom. The van der Waals surface area contributed by atoms with Gasteiger partial charge in [0.05, 0.1) is 0 Å². The van der Waals surface area contributed by atoms with Crippen LogP contribution in [-0.4, -0.2) is 0 Å². The van der Waals surface area contributed by atoms with Gasteiger partial charge in [0.2, 0.25) is 0 Å². The molecule has 2 unspecified atom stereocenters. The van der Waals surface area contributed by atoms with Crippen LogP contribution in [-0.2, 0) is 4.74 Å². The Hall–Kier alpha value is -1.50. The molecule has 0 aromatic heterocycles. The molecule has 1 aromatic rings. The Bertz CT molecular complexity index is 536. The molecule has 0 N–H and O–H groups in total. The normalized spacial score (nSPS) is 26.1. The zero-order chi connectivity index (χ0) is 14.1. The summed E-state index contributed by atoms with van der Waals surface area (Å²) in [5.41, 5.74) is 4.36. The van der Waals surface area contributed by atoms with Gasteiger partial charge in [-0.3, -0.25) is 0 Å². The molecule has 0 bridgehead atoms. The molecule has 0 saturated carbocycles. The summed E-state index contributed by atoms with van der Waals surface area (Å²) in [4.78, 5) is 0. The van der Waals surface area contributed by atoms with E-state index in [1.54, 1.807) is 0 Å². The number of hydrogen-bond donors (Lipinski definition) is 0. The van der Waals surface area contributed by atoms with Gasteiger partial charge in [0.25, 0.3) is 0 Å². The number of ether oxygens (including phenoxy) is 1. The van der Waals surface area contributed by atoms with Crippen LogP contribution in [0.1, 0.15) is 51.7 Å². The van der Waals surface area contributed by atoms with Crippen molar-refractivity contribution in [3.8, 4) is 0 Å². The third-order valence-electron chi connectivity index (χ3n) is 4.58. The smallest absolute Gasteiger partial charge is 0.124 e. The summed E-state index contributed by atoms with van der Waals surface area (Å²) in [5, 5.41) is 0. The molecule has 0 spiro atoms. The first-order valence-electron chi connectivity index (χ1n) is 7.80. The summed E-state index contributed by atoms with van der Waals surface area (Å²) in [7, 11) is 0. The Morgan fingerprint density at radius 1 is 1.15 bits per heavy atom. The van der Waals surface area contributed by atoms with E-state index in [1.165, 1.54) is 29.6 Å². The van der Waals surface area contributed by atoms with Crippen LogP contribution >= 0.6 is 0 Å². The van der Waals surface area contributed by atoms with Crippen LogP contribution in [0.5, 0.6) is 0 Å². The highest BCUT2D eigenvalue weighted by Crippen LogP contribution is 2.42. The highest BCUT2D eigenvalue weighted by atomic mass is 16.5. The van der Waals surface area contributed by atoms with Gasteiger partial charge in [-0.2, -0.15) is 0 Å². The molecule has 20 heavy (non-hydrogen) atoms. The van der Waals surface area contributed by atoms with E-state index in [9.17, 15) is 0 Å². The first-order valence-corrected chi connectivity index (χ1v) is 7.80. The molecule has 106 valence electrons. The fourth-order valence-corrected chi connectivity index (χ4v) is 3.48. The quantitative estimate of drug-likeness (QED) is 0.696. The standard InChI is InChI=1S/C19H24O/c1-13(2)17-12-19-16(11-14(17)3)9-10-18(20-19)15-7-5-4-6-8-15/h4-8,12-14,18H,9-11H2,1-3H3. The van der Waals surface area contributed by atoms with E-state index in [0.29, 0.717) is 11.8 Å². The summed E-state index contributed by atoms with van der Waals surface area (Å²) in [6.07, 6.45) is 6.03. The summed E-state index contributed by atoms with van der Waals surface area (Å²) in [5.74, 6) is 2.44. The van der Waals surface area contributed by atoms with E-state index < -0.39 is 0 Å². The monoisotopic (exact) mass is 268 g/mol. The molecule has 1 heterocycles. The molecule has 1 aliphatic carbocycles. The van der Waals surface area contributed by atoms with Crippen molar-refractivity contribution in [1.29, 1.82) is 0 Å². The largest absolute Gasteiger partial charge is 0.486 e. The number of benzene rings is 1. The molecule has 0 radical (unpaired) electrons. The molecule has 1 aliphatic heterocycles. The maximum Gasteiger partial charge on any atom is 0.124 e. The fraction of sp³-hybridized carbons (Fsp3) is 0.474. The Morgan fingerprint density at radius 3 is 2.60 bits per heavy atom. The van der Waals surface area contributed by atoms with Crippen LogP contribution in [0.3, 0.4) is 0 Å². The molecule has 1 aromatic carbocycles. The Kier molecular flexibility index (Phi) is 3.69. The lowest BCUT2D eigenvalue weighted by Gasteiger charge is -2.34. The third-order valence-corrected chi connectivity index (χ3v) is 4.58. The molecule has 3 rings (SSSR count). The third kappa shape index (κ3) is 2.54. The van der Waals surface area contributed by atoms with Gasteiger partial charge in [-0.1, -0.05) is 56.7 Å². The van der Waals surface area contributed by atoms with Crippen LogP contribution in [0.4, 0.5) is 0 Å².